The number of aryl methyl sites for hydroxylation is 1. The number of aromatic nitrogens is 2. The maximum Gasteiger partial charge on any atom is 0.159 e. The van der Waals surface area contributed by atoms with Crippen LogP contribution in [0.4, 0.5) is 4.39 Å². The van der Waals surface area contributed by atoms with Gasteiger partial charge in [0.1, 0.15) is 18.5 Å². The Morgan fingerprint density at radius 1 is 0.818 bits per heavy atom. The third-order valence-corrected chi connectivity index (χ3v) is 6.28. The molecule has 4 heteroatoms. The molecule has 0 saturated heterocycles. The molecule has 0 aliphatic heterocycles. The van der Waals surface area contributed by atoms with Crippen LogP contribution < -0.4 is 4.74 Å². The second-order valence-electron chi connectivity index (χ2n) is 9.56. The fourth-order valence-corrected chi connectivity index (χ4v) is 4.16. The normalized spacial score (nSPS) is 13.1. The van der Waals surface area contributed by atoms with Crippen molar-refractivity contribution in [2.75, 3.05) is 6.61 Å². The van der Waals surface area contributed by atoms with Gasteiger partial charge in [0.25, 0.3) is 0 Å². The maximum absolute atomic E-state index is 14.2. The first kappa shape index (κ1) is 27.3. The Morgan fingerprint density at radius 2 is 1.42 bits per heavy atom. The maximum atomic E-state index is 14.2. The number of hydrogen-bond acceptors (Lipinski definition) is 3. The molecule has 2 aromatic rings. The molecule has 0 aliphatic carbocycles. The lowest BCUT2D eigenvalue weighted by molar-refractivity contribution is 0.168. The minimum Gasteiger partial charge on any atom is -0.491 e. The van der Waals surface area contributed by atoms with Crippen molar-refractivity contribution in [3.05, 3.63) is 42.2 Å². The number of halogens is 1. The Bertz CT molecular complexity index is 732. The molecule has 0 N–H and O–H groups in total. The molecular formula is C29H45FN2O. The largest absolute Gasteiger partial charge is 0.491 e. The minimum atomic E-state index is -0.923. The average Bonchev–Trinajstić information content (AvgIpc) is 2.84. The van der Waals surface area contributed by atoms with Crippen molar-refractivity contribution in [2.45, 2.75) is 110 Å². The third-order valence-electron chi connectivity index (χ3n) is 6.28. The van der Waals surface area contributed by atoms with Crippen LogP contribution in [0.25, 0.3) is 11.4 Å². The zero-order valence-corrected chi connectivity index (χ0v) is 21.2. The number of ether oxygens (including phenoxy) is 1. The molecule has 1 aromatic carbocycles. The molecule has 184 valence electrons. The van der Waals surface area contributed by atoms with Crippen LogP contribution in [-0.2, 0) is 6.42 Å². The van der Waals surface area contributed by atoms with Crippen LogP contribution in [-0.4, -0.2) is 22.7 Å². The van der Waals surface area contributed by atoms with Crippen LogP contribution in [0, 0.1) is 5.92 Å². The van der Waals surface area contributed by atoms with E-state index >= 15 is 0 Å². The van der Waals surface area contributed by atoms with E-state index in [0.717, 1.165) is 24.8 Å². The molecule has 0 saturated carbocycles. The standard InChI is InChI=1S/C29H45FN2O/c1-4-6-8-9-10-11-12-13-15-25-21-31-29(32-22-25)26-16-18-28(19-17-26)33-23-27(30)20-24(3)14-7-5-2/h16-19,21-22,24,27H,4-15,20,23H2,1-3H3/t24-,27-/m0/s1. The van der Waals surface area contributed by atoms with Gasteiger partial charge in [-0.1, -0.05) is 85.0 Å². The van der Waals surface area contributed by atoms with E-state index in [1.165, 1.54) is 63.4 Å². The van der Waals surface area contributed by atoms with Crippen molar-refractivity contribution in [3.8, 4) is 17.1 Å². The number of rotatable bonds is 18. The number of unbranched alkanes of at least 4 members (excludes halogenated alkanes) is 8. The van der Waals surface area contributed by atoms with E-state index in [0.29, 0.717) is 23.9 Å². The number of benzene rings is 1. The Morgan fingerprint density at radius 3 is 2.06 bits per heavy atom. The second kappa shape index (κ2) is 16.6. The monoisotopic (exact) mass is 456 g/mol. The van der Waals surface area contributed by atoms with Crippen molar-refractivity contribution in [1.82, 2.24) is 9.97 Å². The fraction of sp³-hybridized carbons (Fsp3) is 0.655. The van der Waals surface area contributed by atoms with Gasteiger partial charge in [-0.2, -0.15) is 0 Å². The van der Waals surface area contributed by atoms with E-state index in [1.54, 1.807) is 0 Å². The lowest BCUT2D eigenvalue weighted by atomic mass is 9.98. The van der Waals surface area contributed by atoms with Gasteiger partial charge in [0, 0.05) is 18.0 Å². The zero-order chi connectivity index (χ0) is 23.7. The first-order valence-electron chi connectivity index (χ1n) is 13.3. The van der Waals surface area contributed by atoms with E-state index in [1.807, 2.05) is 36.7 Å². The molecule has 1 aromatic heterocycles. The van der Waals surface area contributed by atoms with E-state index in [-0.39, 0.29) is 6.61 Å². The van der Waals surface area contributed by atoms with Crippen LogP contribution >= 0.6 is 0 Å². The molecule has 0 bridgehead atoms. The molecule has 33 heavy (non-hydrogen) atoms. The molecule has 1 heterocycles. The van der Waals surface area contributed by atoms with Crippen LogP contribution in [0.5, 0.6) is 5.75 Å². The predicted molar refractivity (Wildman–Crippen MR) is 137 cm³/mol. The summed E-state index contributed by atoms with van der Waals surface area (Å²) in [6.45, 7) is 6.67. The fourth-order valence-electron chi connectivity index (χ4n) is 4.16. The van der Waals surface area contributed by atoms with Gasteiger partial charge < -0.3 is 4.74 Å². The molecule has 3 nitrogen and oxygen atoms in total. The van der Waals surface area contributed by atoms with Gasteiger partial charge in [0.2, 0.25) is 0 Å². The molecule has 2 atom stereocenters. The third kappa shape index (κ3) is 11.6. The van der Waals surface area contributed by atoms with Gasteiger partial charge in [-0.3, -0.25) is 0 Å². The lowest BCUT2D eigenvalue weighted by Crippen LogP contribution is -2.16. The molecule has 0 spiro atoms. The van der Waals surface area contributed by atoms with Gasteiger partial charge in [-0.05, 0) is 55.0 Å². The van der Waals surface area contributed by atoms with E-state index in [2.05, 4.69) is 30.7 Å². The zero-order valence-electron chi connectivity index (χ0n) is 21.2. The number of alkyl halides is 1. The topological polar surface area (TPSA) is 35.0 Å². The Balaban J connectivity index is 1.69. The number of nitrogens with zero attached hydrogens (tertiary/aromatic N) is 2. The Hall–Kier alpha value is -1.97. The molecule has 0 amide bonds. The minimum absolute atomic E-state index is 0.111. The molecule has 0 radical (unpaired) electrons. The first-order chi connectivity index (χ1) is 16.1. The highest BCUT2D eigenvalue weighted by molar-refractivity contribution is 5.55. The van der Waals surface area contributed by atoms with Crippen molar-refractivity contribution in [1.29, 1.82) is 0 Å². The van der Waals surface area contributed by atoms with E-state index in [9.17, 15) is 4.39 Å². The van der Waals surface area contributed by atoms with Gasteiger partial charge in [-0.15, -0.1) is 0 Å². The lowest BCUT2D eigenvalue weighted by Gasteiger charge is -2.15. The average molecular weight is 457 g/mol. The molecule has 0 aliphatic rings. The number of hydrogen-bond donors (Lipinski definition) is 0. The summed E-state index contributed by atoms with van der Waals surface area (Å²) in [7, 11) is 0. The summed E-state index contributed by atoms with van der Waals surface area (Å²) < 4.78 is 19.9. The Labute approximate surface area is 201 Å². The van der Waals surface area contributed by atoms with Crippen molar-refractivity contribution >= 4 is 0 Å². The summed E-state index contributed by atoms with van der Waals surface area (Å²) in [4.78, 5) is 9.09. The van der Waals surface area contributed by atoms with Gasteiger partial charge >= 0.3 is 0 Å². The summed E-state index contributed by atoms with van der Waals surface area (Å²) in [6.07, 6.45) is 18.6. The van der Waals surface area contributed by atoms with Crippen LogP contribution in [0.3, 0.4) is 0 Å². The highest BCUT2D eigenvalue weighted by atomic mass is 19.1. The highest BCUT2D eigenvalue weighted by Crippen LogP contribution is 2.21. The molecule has 2 rings (SSSR count). The quantitative estimate of drug-likeness (QED) is 0.210. The van der Waals surface area contributed by atoms with Crippen LogP contribution in [0.2, 0.25) is 0 Å². The van der Waals surface area contributed by atoms with Gasteiger partial charge in [-0.25, -0.2) is 14.4 Å². The van der Waals surface area contributed by atoms with Gasteiger partial charge in [0.05, 0.1) is 0 Å². The molecular weight excluding hydrogens is 411 g/mol. The molecule has 0 fully saturated rings. The SMILES string of the molecule is CCCCCCCCCCc1cnc(-c2ccc(OC[C@@H](F)C[C@@H](C)CCCC)cc2)nc1. The predicted octanol–water partition coefficient (Wildman–Crippen LogP) is 8.76. The first-order valence-corrected chi connectivity index (χ1v) is 13.3. The van der Waals surface area contributed by atoms with Gasteiger partial charge in [0.15, 0.2) is 5.82 Å². The van der Waals surface area contributed by atoms with E-state index in [4.69, 9.17) is 4.74 Å². The highest BCUT2D eigenvalue weighted by Gasteiger charge is 2.13. The van der Waals surface area contributed by atoms with E-state index < -0.39 is 6.17 Å². The second-order valence-corrected chi connectivity index (χ2v) is 9.56. The van der Waals surface area contributed by atoms with Crippen molar-refractivity contribution in [3.63, 3.8) is 0 Å². The summed E-state index contributed by atoms with van der Waals surface area (Å²) in [6, 6.07) is 7.64. The van der Waals surface area contributed by atoms with Crippen molar-refractivity contribution < 1.29 is 9.13 Å². The van der Waals surface area contributed by atoms with Crippen LogP contribution in [0.1, 0.15) is 103 Å². The molecule has 0 unspecified atom stereocenters. The smallest absolute Gasteiger partial charge is 0.159 e. The summed E-state index contributed by atoms with van der Waals surface area (Å²) in [5, 5.41) is 0. The Kier molecular flexibility index (Phi) is 13.7. The van der Waals surface area contributed by atoms with Crippen molar-refractivity contribution in [2.24, 2.45) is 5.92 Å². The summed E-state index contributed by atoms with van der Waals surface area (Å²) >= 11 is 0. The summed E-state index contributed by atoms with van der Waals surface area (Å²) in [5.74, 6) is 1.81. The van der Waals surface area contributed by atoms with Crippen LogP contribution in [0.15, 0.2) is 36.7 Å². The summed E-state index contributed by atoms with van der Waals surface area (Å²) in [5.41, 5.74) is 2.15.